The number of fused-ring (bicyclic) bond motifs is 2. The summed E-state index contributed by atoms with van der Waals surface area (Å²) in [6.45, 7) is 2.32. The van der Waals surface area contributed by atoms with Gasteiger partial charge in [0.15, 0.2) is 11.6 Å². The molecule has 2 heteroatoms. The van der Waals surface area contributed by atoms with E-state index in [2.05, 4.69) is 6.92 Å². The van der Waals surface area contributed by atoms with Crippen molar-refractivity contribution in [3.05, 3.63) is 34.9 Å². The average Bonchev–Trinajstić information content (AvgIpc) is 2.86. The van der Waals surface area contributed by atoms with Gasteiger partial charge in [0.05, 0.1) is 0 Å². The Morgan fingerprint density at radius 1 is 0.697 bits per heavy atom. The molecule has 5 atom stereocenters. The first kappa shape index (κ1) is 23.8. The van der Waals surface area contributed by atoms with Crippen LogP contribution in [-0.4, -0.2) is 0 Å². The van der Waals surface area contributed by atoms with Crippen LogP contribution in [0.25, 0.3) is 0 Å². The Kier molecular flexibility index (Phi) is 7.77. The number of rotatable bonds is 6. The van der Waals surface area contributed by atoms with E-state index in [1.165, 1.54) is 89.5 Å². The molecule has 3 fully saturated rings. The van der Waals surface area contributed by atoms with Crippen LogP contribution in [0.5, 0.6) is 0 Å². The zero-order chi connectivity index (χ0) is 22.8. The molecule has 33 heavy (non-hydrogen) atoms. The van der Waals surface area contributed by atoms with Crippen LogP contribution in [0, 0.1) is 53.1 Å². The van der Waals surface area contributed by atoms with E-state index in [1.54, 1.807) is 6.42 Å². The Bertz CT molecular complexity index is 777. The van der Waals surface area contributed by atoms with Crippen LogP contribution in [-0.2, 0) is 12.8 Å². The van der Waals surface area contributed by atoms with E-state index in [9.17, 15) is 8.78 Å². The minimum atomic E-state index is -0.674. The highest BCUT2D eigenvalue weighted by Crippen LogP contribution is 2.50. The second-order valence-electron chi connectivity index (χ2n) is 12.4. The van der Waals surface area contributed by atoms with Crippen molar-refractivity contribution in [2.45, 2.75) is 116 Å². The highest BCUT2D eigenvalue weighted by atomic mass is 19.2. The molecule has 0 aliphatic heterocycles. The van der Waals surface area contributed by atoms with E-state index >= 15 is 0 Å². The fraction of sp³-hybridized carbons (Fsp3) is 0.806. The van der Waals surface area contributed by atoms with E-state index in [0.29, 0.717) is 11.5 Å². The molecule has 0 saturated heterocycles. The summed E-state index contributed by atoms with van der Waals surface area (Å²) in [6, 6.07) is 3.19. The number of hydrogen-bond acceptors (Lipinski definition) is 0. The van der Waals surface area contributed by atoms with Crippen LogP contribution in [0.2, 0.25) is 0 Å². The molecule has 0 heterocycles. The fourth-order valence-corrected chi connectivity index (χ4v) is 8.69. The lowest BCUT2D eigenvalue weighted by Crippen LogP contribution is -2.35. The zero-order valence-corrected chi connectivity index (χ0v) is 21.0. The highest BCUT2D eigenvalue weighted by molar-refractivity contribution is 5.32. The van der Waals surface area contributed by atoms with Crippen molar-refractivity contribution >= 4 is 0 Å². The maximum atomic E-state index is 14.1. The Balaban J connectivity index is 1.08. The van der Waals surface area contributed by atoms with E-state index in [-0.39, 0.29) is 0 Å². The molecule has 4 aliphatic rings. The van der Waals surface area contributed by atoms with Crippen molar-refractivity contribution in [3.8, 4) is 0 Å². The molecule has 5 unspecified atom stereocenters. The summed E-state index contributed by atoms with van der Waals surface area (Å²) >= 11 is 0. The van der Waals surface area contributed by atoms with E-state index in [1.807, 2.05) is 6.07 Å². The highest BCUT2D eigenvalue weighted by Gasteiger charge is 2.39. The number of unbranched alkanes of at least 4 members (excludes halogenated alkanes) is 2. The van der Waals surface area contributed by atoms with Gasteiger partial charge in [0, 0.05) is 0 Å². The first-order chi connectivity index (χ1) is 16.1. The second kappa shape index (κ2) is 10.8. The summed E-state index contributed by atoms with van der Waals surface area (Å²) in [7, 11) is 0. The molecule has 0 N–H and O–H groups in total. The van der Waals surface area contributed by atoms with Crippen LogP contribution >= 0.6 is 0 Å². The van der Waals surface area contributed by atoms with Gasteiger partial charge in [-0.3, -0.25) is 0 Å². The third-order valence-corrected chi connectivity index (χ3v) is 10.7. The quantitative estimate of drug-likeness (QED) is 0.374. The lowest BCUT2D eigenvalue weighted by atomic mass is 9.60. The number of hydrogen-bond donors (Lipinski definition) is 0. The van der Waals surface area contributed by atoms with Gasteiger partial charge in [-0.05, 0) is 136 Å². The molecule has 0 amide bonds. The van der Waals surface area contributed by atoms with Gasteiger partial charge < -0.3 is 0 Å². The van der Waals surface area contributed by atoms with Crippen molar-refractivity contribution < 1.29 is 8.78 Å². The Morgan fingerprint density at radius 2 is 1.33 bits per heavy atom. The summed E-state index contributed by atoms with van der Waals surface area (Å²) in [5, 5.41) is 0. The van der Waals surface area contributed by atoms with Crippen molar-refractivity contribution in [2.75, 3.05) is 0 Å². The minimum absolute atomic E-state index is 0.583. The molecule has 0 radical (unpaired) electrons. The van der Waals surface area contributed by atoms with Crippen molar-refractivity contribution in [3.63, 3.8) is 0 Å². The van der Waals surface area contributed by atoms with Gasteiger partial charge in [-0.2, -0.15) is 0 Å². The molecular weight excluding hydrogens is 410 g/mol. The molecule has 1 aromatic rings. The Morgan fingerprint density at radius 3 is 2.09 bits per heavy atom. The predicted molar refractivity (Wildman–Crippen MR) is 133 cm³/mol. The maximum Gasteiger partial charge on any atom is 0.162 e. The van der Waals surface area contributed by atoms with Gasteiger partial charge in [0.2, 0.25) is 0 Å². The van der Waals surface area contributed by atoms with Crippen LogP contribution in [0.15, 0.2) is 12.1 Å². The molecule has 184 valence electrons. The minimum Gasteiger partial charge on any atom is -0.204 e. The number of benzene rings is 1. The molecule has 5 rings (SSSR count). The van der Waals surface area contributed by atoms with Crippen molar-refractivity contribution in [1.29, 1.82) is 0 Å². The zero-order valence-electron chi connectivity index (χ0n) is 21.0. The molecule has 0 nitrogen and oxygen atoms in total. The van der Waals surface area contributed by atoms with Gasteiger partial charge in [0.25, 0.3) is 0 Å². The summed E-state index contributed by atoms with van der Waals surface area (Å²) in [6.07, 6.45) is 23.2. The van der Waals surface area contributed by atoms with Crippen molar-refractivity contribution in [2.24, 2.45) is 41.4 Å². The third-order valence-electron chi connectivity index (χ3n) is 10.7. The average molecular weight is 457 g/mol. The molecule has 0 bridgehead atoms. The largest absolute Gasteiger partial charge is 0.204 e. The van der Waals surface area contributed by atoms with E-state index in [0.717, 1.165) is 60.3 Å². The topological polar surface area (TPSA) is 0 Å². The van der Waals surface area contributed by atoms with Crippen molar-refractivity contribution in [1.82, 2.24) is 0 Å². The first-order valence-electron chi connectivity index (χ1n) is 14.6. The fourth-order valence-electron chi connectivity index (χ4n) is 8.69. The monoisotopic (exact) mass is 456 g/mol. The summed E-state index contributed by atoms with van der Waals surface area (Å²) in [5.74, 6) is 5.31. The first-order valence-corrected chi connectivity index (χ1v) is 14.6. The molecule has 4 aliphatic carbocycles. The Hall–Kier alpha value is -0.920. The molecule has 0 spiro atoms. The molecule has 1 aromatic carbocycles. The van der Waals surface area contributed by atoms with Gasteiger partial charge >= 0.3 is 0 Å². The van der Waals surface area contributed by atoms with Gasteiger partial charge in [0.1, 0.15) is 0 Å². The van der Waals surface area contributed by atoms with Crippen LogP contribution in [0.4, 0.5) is 8.78 Å². The van der Waals surface area contributed by atoms with E-state index < -0.39 is 11.6 Å². The van der Waals surface area contributed by atoms with Gasteiger partial charge in [-0.1, -0.05) is 45.1 Å². The van der Waals surface area contributed by atoms with Gasteiger partial charge in [-0.25, -0.2) is 8.78 Å². The molecule has 0 aromatic heterocycles. The van der Waals surface area contributed by atoms with Crippen LogP contribution < -0.4 is 0 Å². The summed E-state index contributed by atoms with van der Waals surface area (Å²) in [4.78, 5) is 0. The Labute approximate surface area is 201 Å². The third kappa shape index (κ3) is 5.35. The number of halogens is 2. The lowest BCUT2D eigenvalue weighted by Gasteiger charge is -2.46. The molecular formula is C31H46F2. The predicted octanol–water partition coefficient (Wildman–Crippen LogP) is 9.29. The van der Waals surface area contributed by atoms with E-state index in [4.69, 9.17) is 0 Å². The normalized spacial score (nSPS) is 36.8. The summed E-state index contributed by atoms with van der Waals surface area (Å²) < 4.78 is 27.7. The molecule has 3 saturated carbocycles. The summed E-state index contributed by atoms with van der Waals surface area (Å²) in [5.41, 5.74) is 1.74. The SMILES string of the molecule is CCCCCC1CCC2CC(C3CCC(C4CCc5c(ccc(F)c5F)C4)CC3)CCC2C1. The van der Waals surface area contributed by atoms with Gasteiger partial charge in [-0.15, -0.1) is 0 Å². The van der Waals surface area contributed by atoms with Crippen LogP contribution in [0.3, 0.4) is 0 Å². The smallest absolute Gasteiger partial charge is 0.162 e. The second-order valence-corrected chi connectivity index (χ2v) is 12.4. The maximum absolute atomic E-state index is 14.1. The lowest BCUT2D eigenvalue weighted by molar-refractivity contribution is 0.0527. The van der Waals surface area contributed by atoms with Crippen LogP contribution in [0.1, 0.15) is 114 Å². The standard InChI is InChI=1S/C31H46F2/c1-2-3-4-5-21-6-7-27-19-25(13-12-24(27)18-21)22-8-10-23(11-9-22)26-14-16-29-28(20-26)15-17-30(32)31(29)33/h15,17,21-27H,2-14,16,18-20H2,1H3.